The van der Waals surface area contributed by atoms with E-state index in [4.69, 9.17) is 0 Å². The smallest absolute Gasteiger partial charge is 0.0219 e. The van der Waals surface area contributed by atoms with Crippen LogP contribution in [0.3, 0.4) is 0 Å². The van der Waals surface area contributed by atoms with Gasteiger partial charge in [-0.1, -0.05) is 64.8 Å². The van der Waals surface area contributed by atoms with E-state index >= 15 is 0 Å². The van der Waals surface area contributed by atoms with E-state index in [1.165, 1.54) is 5.56 Å². The van der Waals surface area contributed by atoms with Crippen LogP contribution < -0.4 is 5.11 Å². The summed E-state index contributed by atoms with van der Waals surface area (Å²) < 4.78 is 0. The molecule has 0 fully saturated rings. The lowest BCUT2D eigenvalue weighted by molar-refractivity contribution is -0.270. The van der Waals surface area contributed by atoms with Gasteiger partial charge in [0, 0.05) is 0 Å². The Morgan fingerprint density at radius 3 is 1.38 bits per heavy atom. The fraction of sp³-hybridized carbons (Fsp3) is 0.600. The van der Waals surface area contributed by atoms with Crippen molar-refractivity contribution in [2.75, 3.05) is 0 Å². The molecule has 0 aromatic heterocycles. The molecule has 0 radical (unpaired) electrons. The molecule has 0 saturated heterocycles. The molecular weight excluding hydrogens is 196 g/mol. The summed E-state index contributed by atoms with van der Waals surface area (Å²) in [4.78, 5) is 0. The van der Waals surface area contributed by atoms with E-state index in [1.807, 2.05) is 0 Å². The molecular formula is C15H23O-. The van der Waals surface area contributed by atoms with Crippen LogP contribution in [-0.4, -0.2) is 0 Å². The van der Waals surface area contributed by atoms with Crippen LogP contribution in [0.1, 0.15) is 76.0 Å². The molecule has 90 valence electrons. The van der Waals surface area contributed by atoms with Crippen LogP contribution in [0.2, 0.25) is 0 Å². The number of hydrogen-bond donors (Lipinski definition) is 0. The second kappa shape index (κ2) is 4.90. The minimum atomic E-state index is 0.245. The molecule has 0 aliphatic carbocycles. The molecule has 1 nitrogen and oxygen atoms in total. The Labute approximate surface area is 99.5 Å². The third-order valence-corrected chi connectivity index (χ3v) is 3.08. The lowest BCUT2D eigenvalue weighted by atomic mass is 9.88. The molecule has 0 atom stereocenters. The molecule has 0 saturated carbocycles. The van der Waals surface area contributed by atoms with E-state index in [-0.39, 0.29) is 5.75 Å². The van der Waals surface area contributed by atoms with Crippen molar-refractivity contribution in [3.05, 3.63) is 28.8 Å². The first-order valence-electron chi connectivity index (χ1n) is 6.19. The number of rotatable bonds is 3. The topological polar surface area (TPSA) is 23.1 Å². The first-order valence-corrected chi connectivity index (χ1v) is 6.19. The third-order valence-electron chi connectivity index (χ3n) is 3.08. The molecule has 0 amide bonds. The van der Waals surface area contributed by atoms with Crippen LogP contribution in [-0.2, 0) is 0 Å². The van der Waals surface area contributed by atoms with Crippen molar-refractivity contribution in [2.24, 2.45) is 0 Å². The van der Waals surface area contributed by atoms with Gasteiger partial charge in [-0.15, -0.1) is 5.75 Å². The van der Waals surface area contributed by atoms with E-state index in [2.05, 4.69) is 53.7 Å². The molecule has 1 aromatic rings. The molecule has 0 N–H and O–H groups in total. The van der Waals surface area contributed by atoms with Gasteiger partial charge < -0.3 is 5.11 Å². The zero-order valence-corrected chi connectivity index (χ0v) is 11.3. The van der Waals surface area contributed by atoms with E-state index < -0.39 is 0 Å². The van der Waals surface area contributed by atoms with Crippen LogP contribution in [0.5, 0.6) is 5.75 Å². The minimum Gasteiger partial charge on any atom is -0.872 e. The molecule has 0 spiro atoms. The van der Waals surface area contributed by atoms with E-state index in [0.29, 0.717) is 17.8 Å². The van der Waals surface area contributed by atoms with Crippen molar-refractivity contribution in [3.8, 4) is 5.75 Å². The van der Waals surface area contributed by atoms with Crippen molar-refractivity contribution in [1.82, 2.24) is 0 Å². The fourth-order valence-electron chi connectivity index (χ4n) is 1.89. The van der Waals surface area contributed by atoms with Gasteiger partial charge in [0.2, 0.25) is 0 Å². The average Bonchev–Trinajstić information content (AvgIpc) is 2.16. The summed E-state index contributed by atoms with van der Waals surface area (Å²) in [6.07, 6.45) is 0. The second-order valence-corrected chi connectivity index (χ2v) is 5.49. The standard InChI is InChI=1S/C15H24O/c1-9(2)12-7-13(10(3)4)15(16)14(8-12)11(5)6/h7-11,16H,1-6H3/p-1. The highest BCUT2D eigenvalue weighted by molar-refractivity contribution is 5.46. The van der Waals surface area contributed by atoms with Gasteiger partial charge in [-0.3, -0.25) is 0 Å². The molecule has 0 heterocycles. The van der Waals surface area contributed by atoms with Gasteiger partial charge in [0.05, 0.1) is 0 Å². The lowest BCUT2D eigenvalue weighted by Gasteiger charge is -2.26. The summed E-state index contributed by atoms with van der Waals surface area (Å²) in [5, 5.41) is 12.2. The van der Waals surface area contributed by atoms with Crippen LogP contribution in [0, 0.1) is 0 Å². The van der Waals surface area contributed by atoms with E-state index in [1.54, 1.807) is 0 Å². The maximum absolute atomic E-state index is 12.2. The van der Waals surface area contributed by atoms with Gasteiger partial charge in [0.15, 0.2) is 0 Å². The summed E-state index contributed by atoms with van der Waals surface area (Å²) in [6.45, 7) is 12.7. The summed E-state index contributed by atoms with van der Waals surface area (Å²) >= 11 is 0. The summed E-state index contributed by atoms with van der Waals surface area (Å²) in [5.41, 5.74) is 3.22. The lowest BCUT2D eigenvalue weighted by Crippen LogP contribution is -2.07. The van der Waals surface area contributed by atoms with Crippen molar-refractivity contribution in [3.63, 3.8) is 0 Å². The van der Waals surface area contributed by atoms with Crippen LogP contribution in [0.4, 0.5) is 0 Å². The van der Waals surface area contributed by atoms with E-state index in [9.17, 15) is 5.11 Å². The highest BCUT2D eigenvalue weighted by atomic mass is 16.3. The first-order chi connectivity index (χ1) is 7.34. The van der Waals surface area contributed by atoms with Crippen LogP contribution >= 0.6 is 0 Å². The van der Waals surface area contributed by atoms with Crippen molar-refractivity contribution < 1.29 is 5.11 Å². The van der Waals surface area contributed by atoms with Gasteiger partial charge in [0.1, 0.15) is 0 Å². The fourth-order valence-corrected chi connectivity index (χ4v) is 1.89. The Morgan fingerprint density at radius 2 is 1.12 bits per heavy atom. The Kier molecular flexibility index (Phi) is 4.01. The third kappa shape index (κ3) is 2.58. The molecule has 0 bridgehead atoms. The number of hydrogen-bond acceptors (Lipinski definition) is 1. The molecule has 1 heteroatoms. The average molecular weight is 219 g/mol. The zero-order chi connectivity index (χ0) is 12.5. The predicted octanol–water partition coefficient (Wildman–Crippen LogP) is 4.13. The van der Waals surface area contributed by atoms with Crippen molar-refractivity contribution in [1.29, 1.82) is 0 Å². The van der Waals surface area contributed by atoms with Gasteiger partial charge in [0.25, 0.3) is 0 Å². The predicted molar refractivity (Wildman–Crippen MR) is 68.2 cm³/mol. The minimum absolute atomic E-state index is 0.245. The molecule has 0 aliphatic heterocycles. The summed E-state index contributed by atoms with van der Waals surface area (Å²) in [5.74, 6) is 1.34. The second-order valence-electron chi connectivity index (χ2n) is 5.49. The van der Waals surface area contributed by atoms with Gasteiger partial charge in [-0.2, -0.15) is 0 Å². The molecule has 1 aromatic carbocycles. The molecule has 0 aliphatic rings. The SMILES string of the molecule is CC(C)c1cc(C(C)C)c([O-])c(C(C)C)c1. The Morgan fingerprint density at radius 1 is 0.750 bits per heavy atom. The first kappa shape index (κ1) is 13.1. The van der Waals surface area contributed by atoms with Crippen molar-refractivity contribution >= 4 is 0 Å². The Balaban J connectivity index is 3.39. The van der Waals surface area contributed by atoms with Gasteiger partial charge in [-0.05, 0) is 23.3 Å². The van der Waals surface area contributed by atoms with Crippen LogP contribution in [0.15, 0.2) is 12.1 Å². The molecule has 16 heavy (non-hydrogen) atoms. The number of benzene rings is 1. The highest BCUT2D eigenvalue weighted by Crippen LogP contribution is 2.34. The maximum Gasteiger partial charge on any atom is -0.0219 e. The normalized spacial score (nSPS) is 11.8. The molecule has 0 unspecified atom stereocenters. The van der Waals surface area contributed by atoms with Crippen LogP contribution in [0.25, 0.3) is 0 Å². The molecule has 1 rings (SSSR count). The quantitative estimate of drug-likeness (QED) is 0.749. The van der Waals surface area contributed by atoms with E-state index in [0.717, 1.165) is 11.1 Å². The highest BCUT2D eigenvalue weighted by Gasteiger charge is 2.11. The summed E-state index contributed by atoms with van der Waals surface area (Å²) in [7, 11) is 0. The Bertz CT molecular complexity index is 333. The van der Waals surface area contributed by atoms with Gasteiger partial charge >= 0.3 is 0 Å². The maximum atomic E-state index is 12.2. The largest absolute Gasteiger partial charge is 0.872 e. The Hall–Kier alpha value is -0.980. The summed E-state index contributed by atoms with van der Waals surface area (Å²) in [6, 6.07) is 4.17. The van der Waals surface area contributed by atoms with Crippen molar-refractivity contribution in [2.45, 2.75) is 59.3 Å². The van der Waals surface area contributed by atoms with Gasteiger partial charge in [-0.25, -0.2) is 0 Å². The monoisotopic (exact) mass is 219 g/mol. The zero-order valence-electron chi connectivity index (χ0n) is 11.3.